The van der Waals surface area contributed by atoms with Gasteiger partial charge in [-0.3, -0.25) is 0 Å². The summed E-state index contributed by atoms with van der Waals surface area (Å²) in [5.41, 5.74) is 2.43. The van der Waals surface area contributed by atoms with Crippen LogP contribution in [0.3, 0.4) is 0 Å². The summed E-state index contributed by atoms with van der Waals surface area (Å²) in [6.07, 6.45) is 34.5. The van der Waals surface area contributed by atoms with Crippen LogP contribution in [0, 0.1) is 0 Å². The van der Waals surface area contributed by atoms with Gasteiger partial charge in [0.15, 0.2) is 0 Å². The minimum Gasteiger partial charge on any atom is -0.318 e. The summed E-state index contributed by atoms with van der Waals surface area (Å²) in [5.74, 6) is 0. The number of hydrogen-bond acceptors (Lipinski definition) is 1. The van der Waals surface area contributed by atoms with Gasteiger partial charge in [-0.2, -0.15) is 0 Å². The van der Waals surface area contributed by atoms with Gasteiger partial charge in [0.1, 0.15) is 0 Å². The fourth-order valence-corrected chi connectivity index (χ4v) is 5.20. The Morgan fingerprint density at radius 3 is 1.11 bits per heavy atom. The van der Waals surface area contributed by atoms with E-state index in [0.29, 0.717) is 0 Å². The molecule has 206 valence electrons. The Kier molecular flexibility index (Phi) is 19.5. The minimum absolute atomic E-state index is 1.16. The molecule has 0 aromatic heterocycles. The van der Waals surface area contributed by atoms with Gasteiger partial charge >= 0.3 is 0 Å². The Balaban J connectivity index is 1.37. The average Bonchev–Trinajstić information content (AvgIpc) is 2.94. The predicted molar refractivity (Wildman–Crippen MR) is 167 cm³/mol. The van der Waals surface area contributed by atoms with Gasteiger partial charge in [0.2, 0.25) is 0 Å². The second kappa shape index (κ2) is 23.1. The number of allylic oxidation sites excluding steroid dienone is 1. The van der Waals surface area contributed by atoms with Crippen LogP contribution in [-0.2, 0) is 0 Å². The topological polar surface area (TPSA) is 3.24 Å². The Hall–Kier alpha value is -2.02. The van der Waals surface area contributed by atoms with E-state index in [0.717, 1.165) is 6.42 Å². The Labute approximate surface area is 230 Å². The van der Waals surface area contributed by atoms with E-state index in [1.165, 1.54) is 140 Å². The quantitative estimate of drug-likeness (QED) is 0.129. The number of para-hydroxylation sites is 2. The summed E-state index contributed by atoms with van der Waals surface area (Å²) in [6, 6.07) is 21.3. The van der Waals surface area contributed by atoms with Gasteiger partial charge in [-0.25, -0.2) is 0 Å². The lowest BCUT2D eigenvalue weighted by atomic mass is 10.0. The zero-order valence-corrected chi connectivity index (χ0v) is 24.2. The Bertz CT molecular complexity index is 711. The molecule has 2 rings (SSSR count). The molecular weight excluding hydrogens is 446 g/mol. The van der Waals surface area contributed by atoms with E-state index in [2.05, 4.69) is 84.8 Å². The van der Waals surface area contributed by atoms with Gasteiger partial charge < -0.3 is 4.90 Å². The van der Waals surface area contributed by atoms with E-state index in [9.17, 15) is 0 Å². The molecule has 0 amide bonds. The fraction of sp³-hybridized carbons (Fsp3) is 0.611. The van der Waals surface area contributed by atoms with Crippen LogP contribution in [0.5, 0.6) is 0 Å². The second-order valence-electron chi connectivity index (χ2n) is 10.9. The first-order valence-corrected chi connectivity index (χ1v) is 16.0. The van der Waals surface area contributed by atoms with Crippen LogP contribution in [0.25, 0.3) is 0 Å². The maximum absolute atomic E-state index is 2.34. The van der Waals surface area contributed by atoms with Crippen molar-refractivity contribution in [1.29, 1.82) is 0 Å². The molecule has 0 saturated heterocycles. The summed E-state index contributed by atoms with van der Waals surface area (Å²) >= 11 is 0. The molecule has 2 aromatic carbocycles. The second-order valence-corrected chi connectivity index (χ2v) is 10.9. The van der Waals surface area contributed by atoms with Crippen molar-refractivity contribution >= 4 is 11.4 Å². The van der Waals surface area contributed by atoms with Crippen molar-refractivity contribution in [2.24, 2.45) is 0 Å². The number of nitrogens with zero attached hydrogens (tertiary/aromatic N) is 1. The zero-order chi connectivity index (χ0) is 26.1. The lowest BCUT2D eigenvalue weighted by molar-refractivity contribution is 0.522. The van der Waals surface area contributed by atoms with E-state index < -0.39 is 0 Å². The van der Waals surface area contributed by atoms with E-state index >= 15 is 0 Å². The molecule has 0 heterocycles. The molecule has 0 aliphatic rings. The average molecular weight is 504 g/mol. The predicted octanol–water partition coefficient (Wildman–Crippen LogP) is 12.6. The van der Waals surface area contributed by atoms with Gasteiger partial charge in [-0.05, 0) is 37.1 Å². The standard InChI is InChI=1S/C36H57N/c1-2-3-4-5-6-7-8-9-10-11-12-13-14-15-16-17-18-19-20-21-22-29-34-37(35-30-25-23-26-31-35)36-32-27-24-28-33-36/h23-34H,2-22H2,1H3. The Morgan fingerprint density at radius 2 is 0.757 bits per heavy atom. The molecule has 2 aromatic rings. The van der Waals surface area contributed by atoms with Crippen LogP contribution in [0.2, 0.25) is 0 Å². The smallest absolute Gasteiger partial charge is 0.0455 e. The molecule has 1 nitrogen and oxygen atoms in total. The summed E-state index contributed by atoms with van der Waals surface area (Å²) < 4.78 is 0. The molecule has 0 spiro atoms. The summed E-state index contributed by atoms with van der Waals surface area (Å²) in [5, 5.41) is 0. The number of anilines is 2. The lowest BCUT2D eigenvalue weighted by Gasteiger charge is -2.20. The van der Waals surface area contributed by atoms with Gasteiger partial charge in [0.25, 0.3) is 0 Å². The highest BCUT2D eigenvalue weighted by molar-refractivity contribution is 5.65. The minimum atomic E-state index is 1.16. The van der Waals surface area contributed by atoms with Crippen molar-refractivity contribution in [2.75, 3.05) is 4.90 Å². The van der Waals surface area contributed by atoms with E-state index in [-0.39, 0.29) is 0 Å². The highest BCUT2D eigenvalue weighted by Crippen LogP contribution is 2.25. The summed E-state index contributed by atoms with van der Waals surface area (Å²) in [7, 11) is 0. The van der Waals surface area contributed by atoms with Crippen LogP contribution >= 0.6 is 0 Å². The highest BCUT2D eigenvalue weighted by Gasteiger charge is 2.04. The maximum atomic E-state index is 2.34. The van der Waals surface area contributed by atoms with Crippen molar-refractivity contribution < 1.29 is 0 Å². The number of hydrogen-bond donors (Lipinski definition) is 0. The third-order valence-corrected chi connectivity index (χ3v) is 7.55. The molecule has 0 atom stereocenters. The highest BCUT2D eigenvalue weighted by atomic mass is 15.1. The molecule has 37 heavy (non-hydrogen) atoms. The van der Waals surface area contributed by atoms with Gasteiger partial charge in [-0.15, -0.1) is 0 Å². The van der Waals surface area contributed by atoms with Crippen molar-refractivity contribution in [1.82, 2.24) is 0 Å². The first-order chi connectivity index (χ1) is 18.4. The summed E-state index contributed by atoms with van der Waals surface area (Å²) in [4.78, 5) is 2.29. The zero-order valence-electron chi connectivity index (χ0n) is 24.2. The molecular formula is C36H57N. The molecule has 0 radical (unpaired) electrons. The van der Waals surface area contributed by atoms with Gasteiger partial charge in [0, 0.05) is 17.6 Å². The van der Waals surface area contributed by atoms with E-state index in [1.807, 2.05) is 0 Å². The number of rotatable bonds is 24. The van der Waals surface area contributed by atoms with Crippen LogP contribution in [0.4, 0.5) is 11.4 Å². The fourth-order valence-electron chi connectivity index (χ4n) is 5.20. The summed E-state index contributed by atoms with van der Waals surface area (Å²) in [6.45, 7) is 2.30. The lowest BCUT2D eigenvalue weighted by Crippen LogP contribution is -2.07. The molecule has 1 heteroatoms. The number of benzene rings is 2. The third kappa shape index (κ3) is 16.4. The molecule has 0 N–H and O–H groups in total. The first-order valence-electron chi connectivity index (χ1n) is 16.0. The van der Waals surface area contributed by atoms with Crippen LogP contribution in [0.15, 0.2) is 72.9 Å². The maximum Gasteiger partial charge on any atom is 0.0455 e. The molecule has 0 fully saturated rings. The Morgan fingerprint density at radius 1 is 0.432 bits per heavy atom. The van der Waals surface area contributed by atoms with E-state index in [4.69, 9.17) is 0 Å². The number of unbranched alkanes of at least 4 members (excludes halogenated alkanes) is 20. The van der Waals surface area contributed by atoms with Crippen LogP contribution in [0.1, 0.15) is 142 Å². The molecule has 0 saturated carbocycles. The van der Waals surface area contributed by atoms with Crippen molar-refractivity contribution in [3.05, 3.63) is 72.9 Å². The van der Waals surface area contributed by atoms with Gasteiger partial charge in [0.05, 0.1) is 0 Å². The van der Waals surface area contributed by atoms with E-state index in [1.54, 1.807) is 0 Å². The molecule has 0 aliphatic carbocycles. The van der Waals surface area contributed by atoms with Crippen molar-refractivity contribution in [3.8, 4) is 0 Å². The van der Waals surface area contributed by atoms with Crippen LogP contribution < -0.4 is 4.90 Å². The molecule has 0 aliphatic heterocycles. The molecule has 0 bridgehead atoms. The normalized spacial score (nSPS) is 11.4. The van der Waals surface area contributed by atoms with Gasteiger partial charge in [-0.1, -0.05) is 171 Å². The SMILES string of the molecule is CCCCCCCCCCCCCCCCCCCCCCC=CN(c1ccccc1)c1ccccc1. The van der Waals surface area contributed by atoms with Crippen LogP contribution in [-0.4, -0.2) is 0 Å². The molecule has 0 unspecified atom stereocenters. The van der Waals surface area contributed by atoms with Crippen molar-refractivity contribution in [2.45, 2.75) is 142 Å². The first kappa shape index (κ1) is 31.2. The third-order valence-electron chi connectivity index (χ3n) is 7.55. The largest absolute Gasteiger partial charge is 0.318 e. The monoisotopic (exact) mass is 503 g/mol. The van der Waals surface area contributed by atoms with Crippen molar-refractivity contribution in [3.63, 3.8) is 0 Å².